The van der Waals surface area contributed by atoms with E-state index in [2.05, 4.69) is 10.3 Å². The molecule has 1 aromatic carbocycles. The van der Waals surface area contributed by atoms with Crippen molar-refractivity contribution in [1.29, 1.82) is 0 Å². The first-order valence-corrected chi connectivity index (χ1v) is 9.91. The molecule has 1 amide bonds. The molecule has 0 spiro atoms. The van der Waals surface area contributed by atoms with Gasteiger partial charge in [0, 0.05) is 19.0 Å². The fraction of sp³-hybridized carbons (Fsp3) is 0.350. The van der Waals surface area contributed by atoms with Gasteiger partial charge in [-0.2, -0.15) is 0 Å². The zero-order valence-electron chi connectivity index (χ0n) is 16.0. The molecule has 0 atom stereocenters. The maximum Gasteiger partial charge on any atom is 0.266 e. The van der Waals surface area contributed by atoms with Crippen LogP contribution in [0.1, 0.15) is 33.9 Å². The van der Waals surface area contributed by atoms with Crippen molar-refractivity contribution in [2.45, 2.75) is 32.7 Å². The number of hydrogen-bond acceptors (Lipinski definition) is 6. The molecule has 0 saturated carbocycles. The number of amides is 1. The van der Waals surface area contributed by atoms with Crippen molar-refractivity contribution in [2.24, 2.45) is 0 Å². The van der Waals surface area contributed by atoms with Gasteiger partial charge >= 0.3 is 0 Å². The minimum atomic E-state index is -0.286. The Morgan fingerprint density at radius 3 is 2.82 bits per heavy atom. The minimum absolute atomic E-state index is 0.0467. The van der Waals surface area contributed by atoms with Crippen LogP contribution in [0.25, 0.3) is 10.2 Å². The number of nitrogens with one attached hydrogen (secondary N) is 1. The van der Waals surface area contributed by atoms with Gasteiger partial charge in [-0.15, -0.1) is 11.3 Å². The van der Waals surface area contributed by atoms with Crippen LogP contribution in [-0.2, 0) is 13.0 Å². The normalized spacial score (nSPS) is 13.2. The lowest BCUT2D eigenvalue weighted by atomic mass is 10.1. The first-order valence-electron chi connectivity index (χ1n) is 9.09. The number of ether oxygens (including phenoxy) is 2. The molecule has 0 saturated heterocycles. The van der Waals surface area contributed by atoms with Crippen molar-refractivity contribution < 1.29 is 14.3 Å². The summed E-state index contributed by atoms with van der Waals surface area (Å²) in [6.45, 7) is 2.49. The Kier molecular flexibility index (Phi) is 4.80. The topological polar surface area (TPSA) is 82.5 Å². The first kappa shape index (κ1) is 18.5. The number of benzene rings is 1. The second-order valence-corrected chi connectivity index (χ2v) is 7.70. The molecule has 0 unspecified atom stereocenters. The third-order valence-corrected chi connectivity index (χ3v) is 6.21. The number of rotatable bonds is 4. The average molecular weight is 399 g/mol. The van der Waals surface area contributed by atoms with Crippen molar-refractivity contribution in [3.05, 3.63) is 44.8 Å². The smallest absolute Gasteiger partial charge is 0.266 e. The maximum absolute atomic E-state index is 12.9. The Morgan fingerprint density at radius 2 is 2.07 bits per heavy atom. The molecular weight excluding hydrogens is 378 g/mol. The van der Waals surface area contributed by atoms with E-state index in [1.165, 1.54) is 18.4 Å². The molecule has 1 aliphatic heterocycles. The van der Waals surface area contributed by atoms with Gasteiger partial charge in [0.2, 0.25) is 0 Å². The molecule has 0 radical (unpaired) electrons. The monoisotopic (exact) mass is 399 g/mol. The van der Waals surface area contributed by atoms with E-state index in [-0.39, 0.29) is 11.5 Å². The summed E-state index contributed by atoms with van der Waals surface area (Å²) >= 11 is 1.26. The van der Waals surface area contributed by atoms with Crippen molar-refractivity contribution >= 4 is 33.1 Å². The number of aromatic nitrogens is 2. The third kappa shape index (κ3) is 3.03. The van der Waals surface area contributed by atoms with E-state index in [9.17, 15) is 9.59 Å². The van der Waals surface area contributed by atoms with E-state index in [1.54, 1.807) is 36.8 Å². The number of fused-ring (bicyclic) bond motifs is 2. The number of carbonyl (C=O) groups is 1. The highest BCUT2D eigenvalue weighted by Gasteiger charge is 2.23. The molecule has 0 aliphatic carbocycles. The van der Waals surface area contributed by atoms with E-state index < -0.39 is 0 Å². The number of hydrogen-bond donors (Lipinski definition) is 1. The zero-order valence-corrected chi connectivity index (χ0v) is 16.8. The second-order valence-electron chi connectivity index (χ2n) is 6.70. The summed E-state index contributed by atoms with van der Waals surface area (Å²) in [5, 5.41) is 3.42. The Balaban J connectivity index is 1.73. The number of methoxy groups -OCH3 is 2. The van der Waals surface area contributed by atoms with E-state index in [1.807, 2.05) is 0 Å². The van der Waals surface area contributed by atoms with Crippen LogP contribution in [0.4, 0.5) is 5.69 Å². The Morgan fingerprint density at radius 1 is 1.25 bits per heavy atom. The standard InChI is InChI=1S/C20H21N3O4S/c1-11-16-19(22-15-6-4-5-9-23(15)20(16)25)28-17(11)18(24)21-13-8-7-12(26-2)10-14(13)27-3/h7-8,10H,4-6,9H2,1-3H3,(H,21,24). The molecule has 0 bridgehead atoms. The predicted octanol–water partition coefficient (Wildman–Crippen LogP) is 3.37. The predicted molar refractivity (Wildman–Crippen MR) is 109 cm³/mol. The molecule has 1 aliphatic rings. The molecule has 0 fully saturated rings. The van der Waals surface area contributed by atoms with Gasteiger partial charge in [0.05, 0.1) is 30.2 Å². The number of thiophene rings is 1. The van der Waals surface area contributed by atoms with Crippen molar-refractivity contribution in [3.8, 4) is 11.5 Å². The third-order valence-electron chi connectivity index (χ3n) is 5.02. The highest BCUT2D eigenvalue weighted by molar-refractivity contribution is 7.20. The number of carbonyl (C=O) groups excluding carboxylic acids is 1. The molecule has 2 aromatic heterocycles. The summed E-state index contributed by atoms with van der Waals surface area (Å²) in [4.78, 5) is 31.6. The van der Waals surface area contributed by atoms with Crippen molar-refractivity contribution in [1.82, 2.24) is 9.55 Å². The van der Waals surface area contributed by atoms with Gasteiger partial charge in [0.25, 0.3) is 11.5 Å². The lowest BCUT2D eigenvalue weighted by molar-refractivity contribution is 0.102. The van der Waals surface area contributed by atoms with Gasteiger partial charge in [-0.3, -0.25) is 14.2 Å². The lowest BCUT2D eigenvalue weighted by Gasteiger charge is -2.16. The average Bonchev–Trinajstić information content (AvgIpc) is 3.05. The zero-order chi connectivity index (χ0) is 19.8. The quantitative estimate of drug-likeness (QED) is 0.727. The molecule has 146 valence electrons. The maximum atomic E-state index is 12.9. The van der Waals surface area contributed by atoms with E-state index in [0.29, 0.717) is 44.4 Å². The second kappa shape index (κ2) is 7.27. The highest BCUT2D eigenvalue weighted by Crippen LogP contribution is 2.32. The molecular formula is C20H21N3O4S. The molecule has 3 heterocycles. The van der Waals surface area contributed by atoms with Crippen molar-refractivity contribution in [2.75, 3.05) is 19.5 Å². The van der Waals surface area contributed by atoms with Crippen LogP contribution in [0.3, 0.4) is 0 Å². The first-order chi connectivity index (χ1) is 13.5. The molecule has 3 aromatic rings. The Bertz CT molecular complexity index is 1130. The van der Waals surface area contributed by atoms with E-state index in [4.69, 9.17) is 9.47 Å². The molecule has 28 heavy (non-hydrogen) atoms. The van der Waals surface area contributed by atoms with E-state index >= 15 is 0 Å². The fourth-order valence-electron chi connectivity index (χ4n) is 3.53. The summed E-state index contributed by atoms with van der Waals surface area (Å²) in [5.74, 6) is 1.66. The summed E-state index contributed by atoms with van der Waals surface area (Å²) in [6.07, 6.45) is 2.81. The highest BCUT2D eigenvalue weighted by atomic mass is 32.1. The summed E-state index contributed by atoms with van der Waals surface area (Å²) in [7, 11) is 3.10. The van der Waals surface area contributed by atoms with Gasteiger partial charge in [-0.05, 0) is 37.5 Å². The SMILES string of the molecule is COc1ccc(NC(=O)c2sc3nc4n(c(=O)c3c2C)CCCC4)c(OC)c1. The van der Waals surface area contributed by atoms with Gasteiger partial charge < -0.3 is 14.8 Å². The van der Waals surface area contributed by atoms with Gasteiger partial charge in [-0.25, -0.2) is 4.98 Å². The van der Waals surface area contributed by atoms with Crippen molar-refractivity contribution in [3.63, 3.8) is 0 Å². The van der Waals surface area contributed by atoms with Crippen LogP contribution in [0.2, 0.25) is 0 Å². The lowest BCUT2D eigenvalue weighted by Crippen LogP contribution is -2.28. The van der Waals surface area contributed by atoms with E-state index in [0.717, 1.165) is 25.1 Å². The van der Waals surface area contributed by atoms with Gasteiger partial charge in [0.15, 0.2) is 0 Å². The number of nitrogens with zero attached hydrogens (tertiary/aromatic N) is 2. The van der Waals surface area contributed by atoms with Crippen LogP contribution in [0.15, 0.2) is 23.0 Å². The Labute approximate surface area is 165 Å². The molecule has 1 N–H and O–H groups in total. The molecule has 7 nitrogen and oxygen atoms in total. The molecule has 8 heteroatoms. The summed E-state index contributed by atoms with van der Waals surface area (Å²) in [6, 6.07) is 5.18. The number of aryl methyl sites for hydroxylation is 2. The van der Waals surface area contributed by atoms with Gasteiger partial charge in [0.1, 0.15) is 22.2 Å². The Hall–Kier alpha value is -2.87. The van der Waals surface area contributed by atoms with Crippen LogP contribution in [-0.4, -0.2) is 29.7 Å². The van der Waals surface area contributed by atoms with Crippen LogP contribution >= 0.6 is 11.3 Å². The fourth-order valence-corrected chi connectivity index (χ4v) is 4.62. The van der Waals surface area contributed by atoms with Gasteiger partial charge in [-0.1, -0.05) is 0 Å². The van der Waals surface area contributed by atoms with Crippen LogP contribution in [0, 0.1) is 6.92 Å². The number of anilines is 1. The largest absolute Gasteiger partial charge is 0.497 e. The summed E-state index contributed by atoms with van der Waals surface area (Å²) < 4.78 is 12.3. The molecule has 4 rings (SSSR count). The van der Waals surface area contributed by atoms with Crippen LogP contribution < -0.4 is 20.3 Å². The summed E-state index contributed by atoms with van der Waals surface area (Å²) in [5.41, 5.74) is 1.16. The minimum Gasteiger partial charge on any atom is -0.497 e. The van der Waals surface area contributed by atoms with Crippen LogP contribution in [0.5, 0.6) is 11.5 Å².